The number of anilines is 1. The Labute approximate surface area is 318 Å². The van der Waals surface area contributed by atoms with E-state index in [0.29, 0.717) is 19.0 Å². The molecule has 3 aromatic rings. The Balaban J connectivity index is 0.000000164. The highest BCUT2D eigenvalue weighted by Crippen LogP contribution is 2.40. The fourth-order valence-electron chi connectivity index (χ4n) is 8.05. The van der Waals surface area contributed by atoms with Crippen LogP contribution < -0.4 is 4.90 Å². The predicted octanol–water partition coefficient (Wildman–Crippen LogP) is 7.74. The van der Waals surface area contributed by atoms with Crippen LogP contribution in [0.25, 0.3) is 11.3 Å². The van der Waals surface area contributed by atoms with Crippen molar-refractivity contribution in [3.63, 3.8) is 0 Å². The highest BCUT2D eigenvalue weighted by Gasteiger charge is 2.34. The van der Waals surface area contributed by atoms with Crippen LogP contribution in [-0.4, -0.2) is 95.9 Å². The van der Waals surface area contributed by atoms with E-state index in [2.05, 4.69) is 80.5 Å². The number of fused-ring (bicyclic) bond motifs is 4. The Bertz CT molecular complexity index is 1860. The summed E-state index contributed by atoms with van der Waals surface area (Å²) < 4.78 is 11.3. The minimum Gasteiger partial charge on any atom is -0.444 e. The molecule has 280 valence electrons. The van der Waals surface area contributed by atoms with Crippen LogP contribution in [-0.2, 0) is 28.9 Å². The number of benzene rings is 2. The number of thioether (sulfide) groups is 1. The second-order valence-electron chi connectivity index (χ2n) is 15.5. The number of ether oxygens (including phenoxy) is 1. The maximum absolute atomic E-state index is 13.0. The summed E-state index contributed by atoms with van der Waals surface area (Å²) in [5.74, 6) is 1.60. The second kappa shape index (κ2) is 16.4. The van der Waals surface area contributed by atoms with Gasteiger partial charge < -0.3 is 24.0 Å². The van der Waals surface area contributed by atoms with E-state index in [4.69, 9.17) is 9.26 Å². The highest BCUT2D eigenvalue weighted by atomic mass is 32.2. The maximum Gasteiger partial charge on any atom is 0.410 e. The first-order valence-corrected chi connectivity index (χ1v) is 20.4. The van der Waals surface area contributed by atoms with Gasteiger partial charge >= 0.3 is 6.09 Å². The molecule has 0 radical (unpaired) electrons. The normalized spacial score (nSPS) is 21.1. The van der Waals surface area contributed by atoms with Gasteiger partial charge in [-0.3, -0.25) is 9.69 Å². The minimum absolute atomic E-state index is 0.217. The molecule has 3 aliphatic carbocycles. The van der Waals surface area contributed by atoms with Gasteiger partial charge in [0.1, 0.15) is 11.3 Å². The number of aryl methyl sites for hydroxylation is 1. The third kappa shape index (κ3) is 8.60. The molecule has 1 saturated carbocycles. The molecule has 1 atom stereocenters. The van der Waals surface area contributed by atoms with Gasteiger partial charge in [-0.2, -0.15) is 0 Å². The van der Waals surface area contributed by atoms with Gasteiger partial charge in [0.05, 0.1) is 5.03 Å². The van der Waals surface area contributed by atoms with Crippen LogP contribution in [0.3, 0.4) is 0 Å². The van der Waals surface area contributed by atoms with Crippen molar-refractivity contribution in [1.82, 2.24) is 19.9 Å². The average molecular weight is 736 g/mol. The van der Waals surface area contributed by atoms with Gasteiger partial charge in [-0.1, -0.05) is 78.0 Å². The monoisotopic (exact) mass is 735 g/mol. The van der Waals surface area contributed by atoms with E-state index >= 15 is 0 Å². The van der Waals surface area contributed by atoms with Crippen molar-refractivity contribution in [2.24, 2.45) is 5.92 Å². The first-order chi connectivity index (χ1) is 25.7. The van der Waals surface area contributed by atoms with E-state index in [-0.39, 0.29) is 11.9 Å². The Morgan fingerprint density at radius 1 is 0.906 bits per heavy atom. The quantitative estimate of drug-likeness (QED) is 0.245. The standard InChI is InChI=1S/C22H23N3O.C21H30N2O3S/c1-2-6-17(7-3-1)16-24-12-14-25(15-13-24)22-20-11-10-18-8-4-5-9-19(18)21(20)23-26-22;1-21(2,3)26-20(25)23-13-11-22(12-14-23)19(27-4)17-10-9-15-7-5-6-8-16(15)18(17)24/h1-9H,10-16H2;5-6,8,15H,7,9-14H2,1-4H3. The SMILES string of the molecule is CSC(=C1CCC2CC=CC=C2C1=O)N1CCN(C(=O)OC(C)(C)C)CC1.c1ccc(CN2CCN(c3onc4c3CCc3ccccc3-4)CC2)cc1. The second-order valence-corrected chi connectivity index (χ2v) is 16.3. The minimum atomic E-state index is -0.478. The van der Waals surface area contributed by atoms with E-state index in [1.54, 1.807) is 16.7 Å². The molecule has 0 N–H and O–H groups in total. The number of carbonyl (C=O) groups excluding carboxylic acids is 2. The third-order valence-electron chi connectivity index (χ3n) is 10.8. The van der Waals surface area contributed by atoms with Crippen LogP contribution in [0.1, 0.15) is 56.7 Å². The largest absolute Gasteiger partial charge is 0.444 e. The Morgan fingerprint density at radius 2 is 1.62 bits per heavy atom. The lowest BCUT2D eigenvalue weighted by Crippen LogP contribution is -2.49. The van der Waals surface area contributed by atoms with Crippen LogP contribution in [0.4, 0.5) is 10.7 Å². The summed E-state index contributed by atoms with van der Waals surface area (Å²) in [6.07, 6.45) is 12.9. The topological polar surface area (TPSA) is 82.4 Å². The molecule has 53 heavy (non-hydrogen) atoms. The van der Waals surface area contributed by atoms with Gasteiger partial charge in [0, 0.05) is 81.2 Å². The van der Waals surface area contributed by atoms with Gasteiger partial charge in [0.15, 0.2) is 5.78 Å². The molecule has 9 nitrogen and oxygen atoms in total. The van der Waals surface area contributed by atoms with E-state index < -0.39 is 5.60 Å². The highest BCUT2D eigenvalue weighted by molar-refractivity contribution is 8.02. The van der Waals surface area contributed by atoms with Crippen LogP contribution in [0.2, 0.25) is 0 Å². The van der Waals surface area contributed by atoms with E-state index in [1.165, 1.54) is 22.3 Å². The Morgan fingerprint density at radius 3 is 2.36 bits per heavy atom. The smallest absolute Gasteiger partial charge is 0.410 e. The summed E-state index contributed by atoms with van der Waals surface area (Å²) in [6.45, 7) is 13.5. The van der Waals surface area contributed by atoms with Crippen molar-refractivity contribution in [3.05, 3.63) is 106 Å². The van der Waals surface area contributed by atoms with E-state index in [1.807, 2.05) is 39.2 Å². The van der Waals surface area contributed by atoms with Crippen LogP contribution >= 0.6 is 11.8 Å². The molecule has 3 heterocycles. The van der Waals surface area contributed by atoms with Crippen molar-refractivity contribution in [2.75, 3.05) is 63.5 Å². The number of aromatic nitrogens is 1. The van der Waals surface area contributed by atoms with Gasteiger partial charge in [-0.15, -0.1) is 11.8 Å². The maximum atomic E-state index is 13.0. The van der Waals surface area contributed by atoms with Gasteiger partial charge in [0.2, 0.25) is 5.88 Å². The summed E-state index contributed by atoms with van der Waals surface area (Å²) in [4.78, 5) is 34.2. The fourth-order valence-corrected chi connectivity index (χ4v) is 8.93. The summed E-state index contributed by atoms with van der Waals surface area (Å²) in [6, 6.07) is 19.3. The van der Waals surface area contributed by atoms with Crippen molar-refractivity contribution in [2.45, 2.75) is 65.0 Å². The number of rotatable bonds is 5. The number of hydrogen-bond acceptors (Lipinski definition) is 9. The Kier molecular flexibility index (Phi) is 11.5. The fraction of sp³-hybridized carbons (Fsp3) is 0.465. The third-order valence-corrected chi connectivity index (χ3v) is 11.7. The van der Waals surface area contributed by atoms with Crippen molar-refractivity contribution >= 4 is 29.5 Å². The molecule has 8 rings (SSSR count). The van der Waals surface area contributed by atoms with Crippen molar-refractivity contribution < 1.29 is 18.8 Å². The van der Waals surface area contributed by atoms with Crippen molar-refractivity contribution in [3.8, 4) is 11.3 Å². The van der Waals surface area contributed by atoms with Crippen LogP contribution in [0.5, 0.6) is 0 Å². The summed E-state index contributed by atoms with van der Waals surface area (Å²) in [5, 5.41) is 5.51. The molecule has 1 unspecified atom stereocenters. The zero-order valence-electron chi connectivity index (χ0n) is 31.7. The number of carbonyl (C=O) groups is 2. The lowest BCUT2D eigenvalue weighted by molar-refractivity contribution is -0.113. The number of nitrogens with zero attached hydrogens (tertiary/aromatic N) is 5. The van der Waals surface area contributed by atoms with Gasteiger partial charge in [0.25, 0.3) is 0 Å². The van der Waals surface area contributed by atoms with Crippen LogP contribution in [0.15, 0.2) is 93.5 Å². The molecule has 0 bridgehead atoms. The van der Waals surface area contributed by atoms with Crippen molar-refractivity contribution in [1.29, 1.82) is 0 Å². The van der Waals surface area contributed by atoms with E-state index in [9.17, 15) is 9.59 Å². The first kappa shape index (κ1) is 37.1. The molecule has 1 amide bonds. The molecular weight excluding hydrogens is 683 g/mol. The lowest BCUT2D eigenvalue weighted by Gasteiger charge is -2.39. The predicted molar refractivity (Wildman–Crippen MR) is 213 cm³/mol. The molecule has 2 saturated heterocycles. The van der Waals surface area contributed by atoms with Gasteiger partial charge in [-0.25, -0.2) is 4.79 Å². The number of amides is 1. The number of allylic oxidation sites excluding steroid dienone is 5. The molecule has 2 aliphatic heterocycles. The average Bonchev–Trinajstić information content (AvgIpc) is 3.62. The first-order valence-electron chi connectivity index (χ1n) is 19.2. The molecular formula is C43H53N5O4S. The molecule has 5 aliphatic rings. The lowest BCUT2D eigenvalue weighted by atomic mass is 9.77. The molecule has 3 fully saturated rings. The number of hydrogen-bond donors (Lipinski definition) is 0. The van der Waals surface area contributed by atoms with Crippen LogP contribution in [0, 0.1) is 5.92 Å². The Hall–Kier alpha value is -4.28. The summed E-state index contributed by atoms with van der Waals surface area (Å²) >= 11 is 1.65. The molecule has 10 heteroatoms. The number of ketones is 1. The summed E-state index contributed by atoms with van der Waals surface area (Å²) in [7, 11) is 0. The van der Waals surface area contributed by atoms with Gasteiger partial charge in [-0.05, 0) is 76.2 Å². The zero-order chi connectivity index (χ0) is 37.0. The summed E-state index contributed by atoms with van der Waals surface area (Å²) in [5.41, 5.74) is 7.79. The molecule has 2 aromatic carbocycles. The van der Waals surface area contributed by atoms with E-state index in [0.717, 1.165) is 106 Å². The molecule has 0 spiro atoms. The number of piperazine rings is 2. The zero-order valence-corrected chi connectivity index (χ0v) is 32.5. The number of Topliss-reactive ketones (excluding diaryl/α,β-unsaturated/α-hetero) is 1. The molecule has 1 aromatic heterocycles.